The summed E-state index contributed by atoms with van der Waals surface area (Å²) in [6.07, 6.45) is 56.0. The Bertz CT molecular complexity index is 1120. The van der Waals surface area contributed by atoms with Crippen LogP contribution in [-0.2, 0) is 28.6 Å². The second-order valence-electron chi connectivity index (χ2n) is 14.6. The minimum atomic E-state index is -0.793. The van der Waals surface area contributed by atoms with Gasteiger partial charge in [0, 0.05) is 19.3 Å². The Labute approximate surface area is 344 Å². The first-order valence-corrected chi connectivity index (χ1v) is 22.6. The SMILES string of the molecule is CC/C=C\C/C=C\C/C=C\C/C=C\C/C=C\C/C=C\CCCCC(=O)OCC(COC(=O)CCCCCCC)OC(=O)CCCCCCC/C=C\CCCCC. The van der Waals surface area contributed by atoms with Crippen LogP contribution >= 0.6 is 0 Å². The molecule has 1 atom stereocenters. The second kappa shape index (κ2) is 44.3. The van der Waals surface area contributed by atoms with Crippen LogP contribution in [0.15, 0.2) is 85.1 Å². The van der Waals surface area contributed by atoms with Crippen molar-refractivity contribution in [1.82, 2.24) is 0 Å². The van der Waals surface area contributed by atoms with Crippen molar-refractivity contribution in [3.63, 3.8) is 0 Å². The van der Waals surface area contributed by atoms with Gasteiger partial charge in [0.05, 0.1) is 0 Å². The van der Waals surface area contributed by atoms with Crippen LogP contribution in [0.5, 0.6) is 0 Å². The highest BCUT2D eigenvalue weighted by Gasteiger charge is 2.19. The summed E-state index contributed by atoms with van der Waals surface area (Å²) in [5.74, 6) is -0.973. The summed E-state index contributed by atoms with van der Waals surface area (Å²) in [6.45, 7) is 6.34. The van der Waals surface area contributed by atoms with Crippen molar-refractivity contribution in [3.05, 3.63) is 85.1 Å². The number of ether oxygens (including phenoxy) is 3. The van der Waals surface area contributed by atoms with Crippen LogP contribution in [0.25, 0.3) is 0 Å². The lowest BCUT2D eigenvalue weighted by Gasteiger charge is -2.18. The zero-order valence-electron chi connectivity index (χ0n) is 36.1. The molecule has 0 amide bonds. The van der Waals surface area contributed by atoms with E-state index in [0.717, 1.165) is 122 Å². The van der Waals surface area contributed by atoms with Gasteiger partial charge in [-0.25, -0.2) is 0 Å². The molecule has 0 fully saturated rings. The summed E-state index contributed by atoms with van der Waals surface area (Å²) in [4.78, 5) is 37.4. The van der Waals surface area contributed by atoms with Crippen LogP contribution in [0, 0.1) is 0 Å². The number of hydrogen-bond acceptors (Lipinski definition) is 6. The van der Waals surface area contributed by atoms with Gasteiger partial charge in [-0.3, -0.25) is 14.4 Å². The molecule has 56 heavy (non-hydrogen) atoms. The number of allylic oxidation sites excluding steroid dienone is 14. The van der Waals surface area contributed by atoms with Crippen molar-refractivity contribution in [2.75, 3.05) is 13.2 Å². The molecule has 6 nitrogen and oxygen atoms in total. The van der Waals surface area contributed by atoms with E-state index in [-0.39, 0.29) is 31.1 Å². The zero-order chi connectivity index (χ0) is 40.8. The third-order valence-corrected chi connectivity index (χ3v) is 9.13. The fraction of sp³-hybridized carbons (Fsp3) is 0.660. The van der Waals surface area contributed by atoms with Gasteiger partial charge >= 0.3 is 17.9 Å². The Morgan fingerprint density at radius 3 is 1.18 bits per heavy atom. The van der Waals surface area contributed by atoms with E-state index in [1.54, 1.807) is 0 Å². The van der Waals surface area contributed by atoms with Crippen molar-refractivity contribution < 1.29 is 28.6 Å². The molecular weight excluding hydrogens is 697 g/mol. The molecule has 0 N–H and O–H groups in total. The van der Waals surface area contributed by atoms with E-state index >= 15 is 0 Å². The molecule has 0 spiro atoms. The van der Waals surface area contributed by atoms with E-state index < -0.39 is 6.10 Å². The number of unbranched alkanes of at least 4 members (excludes halogenated alkanes) is 14. The number of rotatable bonds is 39. The molecule has 0 aliphatic heterocycles. The van der Waals surface area contributed by atoms with Gasteiger partial charge in [-0.15, -0.1) is 0 Å². The Balaban J connectivity index is 4.31. The predicted molar refractivity (Wildman–Crippen MR) is 237 cm³/mol. The molecule has 1 unspecified atom stereocenters. The maximum absolute atomic E-state index is 12.6. The molecule has 0 bridgehead atoms. The number of hydrogen-bond donors (Lipinski definition) is 0. The average Bonchev–Trinajstić information content (AvgIpc) is 3.19. The average molecular weight is 779 g/mol. The summed E-state index contributed by atoms with van der Waals surface area (Å²) in [7, 11) is 0. The van der Waals surface area contributed by atoms with Gasteiger partial charge in [-0.2, -0.15) is 0 Å². The van der Waals surface area contributed by atoms with Crippen LogP contribution in [0.1, 0.15) is 194 Å². The summed E-state index contributed by atoms with van der Waals surface area (Å²) in [6, 6.07) is 0. The Morgan fingerprint density at radius 2 is 0.696 bits per heavy atom. The summed E-state index contributed by atoms with van der Waals surface area (Å²) in [5.41, 5.74) is 0. The molecule has 0 aromatic carbocycles. The lowest BCUT2D eigenvalue weighted by Crippen LogP contribution is -2.30. The fourth-order valence-corrected chi connectivity index (χ4v) is 5.73. The van der Waals surface area contributed by atoms with Gasteiger partial charge in [-0.05, 0) is 96.3 Å². The highest BCUT2D eigenvalue weighted by Crippen LogP contribution is 2.12. The standard InChI is InChI=1S/C50H82O6/c1-4-7-10-13-15-17-19-21-22-23-24-25-26-27-28-29-31-32-34-37-40-43-49(52)55-46-47(45-54-48(51)42-39-36-12-9-6-3)56-50(53)44-41-38-35-33-30-20-18-16-14-11-8-5-2/h7,10,15-18,21-22,24-25,27-28,31-32,47H,4-6,8-9,11-14,19-20,23,26,29-30,33-46H2,1-3H3/b10-7-,17-15-,18-16-,22-21-,25-24-,28-27-,32-31-. The van der Waals surface area contributed by atoms with Gasteiger partial charge in [0.25, 0.3) is 0 Å². The van der Waals surface area contributed by atoms with Crippen molar-refractivity contribution in [1.29, 1.82) is 0 Å². The smallest absolute Gasteiger partial charge is 0.306 e. The first kappa shape index (κ1) is 52.6. The van der Waals surface area contributed by atoms with Crippen LogP contribution < -0.4 is 0 Å². The number of carbonyl (C=O) groups is 3. The predicted octanol–water partition coefficient (Wildman–Crippen LogP) is 14.5. The van der Waals surface area contributed by atoms with Crippen LogP contribution in [0.3, 0.4) is 0 Å². The molecule has 0 rings (SSSR count). The quantitative estimate of drug-likeness (QED) is 0.0268. The number of carbonyl (C=O) groups excluding carboxylic acids is 3. The van der Waals surface area contributed by atoms with E-state index in [1.807, 2.05) is 0 Å². The van der Waals surface area contributed by atoms with E-state index in [9.17, 15) is 14.4 Å². The molecule has 318 valence electrons. The van der Waals surface area contributed by atoms with Crippen LogP contribution in [0.2, 0.25) is 0 Å². The largest absolute Gasteiger partial charge is 0.462 e. The summed E-state index contributed by atoms with van der Waals surface area (Å²) >= 11 is 0. The van der Waals surface area contributed by atoms with Gasteiger partial charge in [-0.1, -0.05) is 164 Å². The van der Waals surface area contributed by atoms with Gasteiger partial charge < -0.3 is 14.2 Å². The lowest BCUT2D eigenvalue weighted by molar-refractivity contribution is -0.167. The third kappa shape index (κ3) is 41.7. The Hall–Kier alpha value is -3.41. The van der Waals surface area contributed by atoms with Gasteiger partial charge in [0.15, 0.2) is 6.10 Å². The van der Waals surface area contributed by atoms with Crippen molar-refractivity contribution in [2.24, 2.45) is 0 Å². The number of esters is 3. The molecule has 0 aromatic rings. The highest BCUT2D eigenvalue weighted by molar-refractivity contribution is 5.71. The minimum Gasteiger partial charge on any atom is -0.462 e. The molecular formula is C50H82O6. The van der Waals surface area contributed by atoms with Crippen molar-refractivity contribution >= 4 is 17.9 Å². The first-order chi connectivity index (χ1) is 27.5. The normalized spacial score (nSPS) is 12.8. The molecule has 0 aromatic heterocycles. The topological polar surface area (TPSA) is 78.9 Å². The van der Waals surface area contributed by atoms with Crippen molar-refractivity contribution in [3.8, 4) is 0 Å². The molecule has 0 aliphatic rings. The van der Waals surface area contributed by atoms with E-state index in [2.05, 4.69) is 106 Å². The molecule has 0 saturated carbocycles. The van der Waals surface area contributed by atoms with E-state index in [1.165, 1.54) is 32.1 Å². The summed E-state index contributed by atoms with van der Waals surface area (Å²) < 4.78 is 16.5. The van der Waals surface area contributed by atoms with Gasteiger partial charge in [0.2, 0.25) is 0 Å². The second-order valence-corrected chi connectivity index (χ2v) is 14.6. The van der Waals surface area contributed by atoms with Gasteiger partial charge in [0.1, 0.15) is 13.2 Å². The van der Waals surface area contributed by atoms with Crippen LogP contribution in [-0.4, -0.2) is 37.2 Å². The third-order valence-electron chi connectivity index (χ3n) is 9.13. The van der Waals surface area contributed by atoms with Crippen LogP contribution in [0.4, 0.5) is 0 Å². The lowest BCUT2D eigenvalue weighted by atomic mass is 10.1. The van der Waals surface area contributed by atoms with Crippen molar-refractivity contribution in [2.45, 2.75) is 200 Å². The molecule has 6 heteroatoms. The molecule has 0 saturated heterocycles. The molecule has 0 heterocycles. The fourth-order valence-electron chi connectivity index (χ4n) is 5.73. The summed E-state index contributed by atoms with van der Waals surface area (Å²) in [5, 5.41) is 0. The zero-order valence-corrected chi connectivity index (χ0v) is 36.1. The Kier molecular flexibility index (Phi) is 41.6. The maximum Gasteiger partial charge on any atom is 0.306 e. The first-order valence-electron chi connectivity index (χ1n) is 22.6. The van der Waals surface area contributed by atoms with E-state index in [4.69, 9.17) is 14.2 Å². The van der Waals surface area contributed by atoms with E-state index in [0.29, 0.717) is 19.3 Å². The monoisotopic (exact) mass is 779 g/mol. The Morgan fingerprint density at radius 1 is 0.375 bits per heavy atom. The maximum atomic E-state index is 12.6. The molecule has 0 radical (unpaired) electrons. The minimum absolute atomic E-state index is 0.0958. The highest BCUT2D eigenvalue weighted by atomic mass is 16.6. The molecule has 0 aliphatic carbocycles.